The molecule has 6 nitrogen and oxygen atoms in total. The molecule has 0 aromatic carbocycles. The normalized spacial score (nSPS) is 22.1. The lowest BCUT2D eigenvalue weighted by atomic mass is 10.1. The predicted octanol–water partition coefficient (Wildman–Crippen LogP) is 0.157. The molecule has 0 aromatic rings. The van der Waals surface area contributed by atoms with E-state index < -0.39 is 16.8 Å². The number of hydrogen-bond donors (Lipinski definition) is 2. The summed E-state index contributed by atoms with van der Waals surface area (Å²) in [4.78, 5) is 24.7. The first-order valence-electron chi connectivity index (χ1n) is 6.25. The maximum atomic E-state index is 12.0. The molecule has 1 rings (SSSR count). The van der Waals surface area contributed by atoms with Crippen LogP contribution in [-0.4, -0.2) is 64.2 Å². The van der Waals surface area contributed by atoms with Gasteiger partial charge in [0.25, 0.3) is 0 Å². The van der Waals surface area contributed by atoms with Crippen LogP contribution in [0.2, 0.25) is 0 Å². The molecule has 0 aromatic heterocycles. The van der Waals surface area contributed by atoms with E-state index in [1.54, 1.807) is 18.7 Å². The fourth-order valence-electron chi connectivity index (χ4n) is 1.77. The van der Waals surface area contributed by atoms with Gasteiger partial charge < -0.3 is 20.5 Å². The van der Waals surface area contributed by atoms with E-state index >= 15 is 0 Å². The van der Waals surface area contributed by atoms with E-state index in [4.69, 9.17) is 15.6 Å². The monoisotopic (exact) mass is 290 g/mol. The number of nitrogens with zero attached hydrogens (tertiary/aromatic N) is 1. The summed E-state index contributed by atoms with van der Waals surface area (Å²) in [6.07, 6.45) is 0.0528. The van der Waals surface area contributed by atoms with E-state index in [1.807, 2.05) is 6.92 Å². The highest BCUT2D eigenvalue weighted by atomic mass is 32.2. The van der Waals surface area contributed by atoms with Crippen LogP contribution in [0.15, 0.2) is 0 Å². The zero-order valence-corrected chi connectivity index (χ0v) is 12.4. The number of nitrogens with two attached hydrogens (primary N) is 1. The molecule has 0 bridgehead atoms. The number of carbonyl (C=O) groups excluding carboxylic acids is 1. The number of rotatable bonds is 5. The van der Waals surface area contributed by atoms with Gasteiger partial charge in [-0.15, -0.1) is 11.8 Å². The highest BCUT2D eigenvalue weighted by molar-refractivity contribution is 8.01. The molecule has 1 fully saturated rings. The van der Waals surface area contributed by atoms with Crippen LogP contribution in [0.3, 0.4) is 0 Å². The minimum Gasteiger partial charge on any atom is -0.480 e. The van der Waals surface area contributed by atoms with Gasteiger partial charge in [0.05, 0.1) is 18.5 Å². The third-order valence-corrected chi connectivity index (χ3v) is 4.57. The van der Waals surface area contributed by atoms with Crippen molar-refractivity contribution in [3.63, 3.8) is 0 Å². The number of carboxylic acid groups (broad SMARTS) is 1. The first-order valence-corrected chi connectivity index (χ1v) is 7.24. The van der Waals surface area contributed by atoms with Crippen molar-refractivity contribution >= 4 is 23.6 Å². The fraction of sp³-hybridized carbons (Fsp3) is 0.833. The van der Waals surface area contributed by atoms with Crippen LogP contribution in [0, 0.1) is 0 Å². The number of ether oxygens (including phenoxy) is 1. The summed E-state index contributed by atoms with van der Waals surface area (Å²) in [5.74, 6) is -0.809. The first-order chi connectivity index (χ1) is 8.74. The summed E-state index contributed by atoms with van der Waals surface area (Å²) in [5.41, 5.74) is 5.62. The molecule has 1 aliphatic rings. The van der Waals surface area contributed by atoms with Gasteiger partial charge in [0, 0.05) is 17.8 Å². The van der Waals surface area contributed by atoms with Gasteiger partial charge in [-0.05, 0) is 20.8 Å². The van der Waals surface area contributed by atoms with E-state index in [1.165, 1.54) is 11.8 Å². The van der Waals surface area contributed by atoms with Crippen LogP contribution in [0.25, 0.3) is 0 Å². The number of thioether (sulfide) groups is 1. The largest absolute Gasteiger partial charge is 0.480 e. The van der Waals surface area contributed by atoms with Gasteiger partial charge in [-0.2, -0.15) is 0 Å². The molecule has 1 amide bonds. The van der Waals surface area contributed by atoms with Gasteiger partial charge in [0.15, 0.2) is 0 Å². The Morgan fingerprint density at radius 2 is 2.21 bits per heavy atom. The maximum Gasteiger partial charge on any atom is 0.321 e. The Labute approximate surface area is 117 Å². The Morgan fingerprint density at radius 1 is 1.58 bits per heavy atom. The first kappa shape index (κ1) is 16.3. The SMILES string of the molecule is CC1CN(C(=O)CSC(C)(C)[C@@H](N)C(=O)O)CCO1. The zero-order valence-electron chi connectivity index (χ0n) is 11.6. The molecule has 19 heavy (non-hydrogen) atoms. The molecule has 7 heteroatoms. The van der Waals surface area contributed by atoms with Gasteiger partial charge in [0.1, 0.15) is 6.04 Å². The second-order valence-corrected chi connectivity index (χ2v) is 6.86. The Balaban J connectivity index is 2.47. The van der Waals surface area contributed by atoms with Crippen molar-refractivity contribution in [2.45, 2.75) is 37.7 Å². The highest BCUT2D eigenvalue weighted by Gasteiger charge is 2.34. The molecule has 1 aliphatic heterocycles. The molecule has 1 saturated heterocycles. The fourth-order valence-corrected chi connectivity index (χ4v) is 2.73. The van der Waals surface area contributed by atoms with Crippen LogP contribution >= 0.6 is 11.8 Å². The van der Waals surface area contributed by atoms with Crippen molar-refractivity contribution in [1.29, 1.82) is 0 Å². The summed E-state index contributed by atoms with van der Waals surface area (Å²) < 4.78 is 4.69. The maximum absolute atomic E-state index is 12.0. The highest BCUT2D eigenvalue weighted by Crippen LogP contribution is 2.27. The number of carbonyl (C=O) groups is 2. The number of aliphatic carboxylic acids is 1. The van der Waals surface area contributed by atoms with Crippen molar-refractivity contribution in [3.05, 3.63) is 0 Å². The molecule has 1 heterocycles. The molecule has 0 spiro atoms. The quantitative estimate of drug-likeness (QED) is 0.749. The van der Waals surface area contributed by atoms with Crippen LogP contribution in [0.1, 0.15) is 20.8 Å². The lowest BCUT2D eigenvalue weighted by Crippen LogP contribution is -2.49. The van der Waals surface area contributed by atoms with E-state index in [0.717, 1.165) is 0 Å². The molecule has 0 saturated carbocycles. The average molecular weight is 290 g/mol. The summed E-state index contributed by atoms with van der Waals surface area (Å²) >= 11 is 1.28. The molecule has 2 atom stereocenters. The lowest BCUT2D eigenvalue weighted by molar-refractivity contribution is -0.139. The standard InChI is InChI=1S/C12H22N2O4S/c1-8-6-14(4-5-18-8)9(15)7-19-12(2,3)10(13)11(16)17/h8,10H,4-7,13H2,1-3H3,(H,16,17)/t8?,10-/m0/s1. The van der Waals surface area contributed by atoms with Crippen molar-refractivity contribution in [1.82, 2.24) is 4.90 Å². The molecular formula is C12H22N2O4S. The van der Waals surface area contributed by atoms with E-state index in [2.05, 4.69) is 0 Å². The Hall–Kier alpha value is -0.790. The van der Waals surface area contributed by atoms with Gasteiger partial charge in [-0.25, -0.2) is 0 Å². The molecule has 110 valence electrons. The van der Waals surface area contributed by atoms with Crippen molar-refractivity contribution in [2.24, 2.45) is 5.73 Å². The topological polar surface area (TPSA) is 92.9 Å². The second-order valence-electron chi connectivity index (χ2n) is 5.23. The van der Waals surface area contributed by atoms with Gasteiger partial charge >= 0.3 is 5.97 Å². The minimum absolute atomic E-state index is 0.00538. The van der Waals surface area contributed by atoms with Crippen molar-refractivity contribution in [2.75, 3.05) is 25.4 Å². The Kier molecular flexibility index (Phi) is 5.64. The van der Waals surface area contributed by atoms with Crippen LogP contribution in [0.5, 0.6) is 0 Å². The second kappa shape index (κ2) is 6.58. The minimum atomic E-state index is -1.05. The van der Waals surface area contributed by atoms with Gasteiger partial charge in [-0.3, -0.25) is 9.59 Å². The molecule has 0 radical (unpaired) electrons. The summed E-state index contributed by atoms with van der Waals surface area (Å²) in [6, 6.07) is -0.992. The number of carboxylic acids is 1. The van der Waals surface area contributed by atoms with Crippen LogP contribution in [-0.2, 0) is 14.3 Å². The van der Waals surface area contributed by atoms with E-state index in [0.29, 0.717) is 19.7 Å². The number of amides is 1. The van der Waals surface area contributed by atoms with Crippen molar-refractivity contribution < 1.29 is 19.4 Å². The average Bonchev–Trinajstić information content (AvgIpc) is 2.35. The Bertz CT molecular complexity index is 349. The van der Waals surface area contributed by atoms with Crippen molar-refractivity contribution in [3.8, 4) is 0 Å². The lowest BCUT2D eigenvalue weighted by Gasteiger charge is -2.33. The third kappa shape index (κ3) is 4.67. The smallest absolute Gasteiger partial charge is 0.321 e. The van der Waals surface area contributed by atoms with Crippen LogP contribution in [0.4, 0.5) is 0 Å². The molecule has 0 aliphatic carbocycles. The summed E-state index contributed by atoms with van der Waals surface area (Å²) in [6.45, 7) is 7.14. The molecular weight excluding hydrogens is 268 g/mol. The third-order valence-electron chi connectivity index (χ3n) is 3.18. The predicted molar refractivity (Wildman–Crippen MR) is 74.1 cm³/mol. The molecule has 3 N–H and O–H groups in total. The molecule has 1 unspecified atom stereocenters. The number of hydrogen-bond acceptors (Lipinski definition) is 5. The van der Waals surface area contributed by atoms with Crippen LogP contribution < -0.4 is 5.73 Å². The number of morpholine rings is 1. The van der Waals surface area contributed by atoms with Gasteiger partial charge in [0.2, 0.25) is 5.91 Å². The zero-order chi connectivity index (χ0) is 14.6. The van der Waals surface area contributed by atoms with E-state index in [9.17, 15) is 9.59 Å². The Morgan fingerprint density at radius 3 is 2.74 bits per heavy atom. The van der Waals surface area contributed by atoms with E-state index in [-0.39, 0.29) is 17.8 Å². The summed E-state index contributed by atoms with van der Waals surface area (Å²) in [7, 11) is 0. The summed E-state index contributed by atoms with van der Waals surface area (Å²) in [5, 5.41) is 8.92. The van der Waals surface area contributed by atoms with Gasteiger partial charge in [-0.1, -0.05) is 0 Å².